The summed E-state index contributed by atoms with van der Waals surface area (Å²) in [6, 6.07) is 8.25. The molecule has 0 saturated heterocycles. The maximum Gasteiger partial charge on any atom is 0.215 e. The zero-order valence-electron chi connectivity index (χ0n) is 12.4. The predicted molar refractivity (Wildman–Crippen MR) is 97.0 cm³/mol. The molecule has 1 atom stereocenters. The fourth-order valence-electron chi connectivity index (χ4n) is 1.62. The number of thioether (sulfide) groups is 2. The number of thiol groups is 1. The van der Waals surface area contributed by atoms with Crippen molar-refractivity contribution in [3.05, 3.63) is 35.4 Å². The van der Waals surface area contributed by atoms with Gasteiger partial charge in [0.1, 0.15) is 0 Å². The van der Waals surface area contributed by atoms with Gasteiger partial charge in [0.2, 0.25) is 5.12 Å². The van der Waals surface area contributed by atoms with E-state index in [0.717, 1.165) is 16.9 Å². The van der Waals surface area contributed by atoms with Crippen LogP contribution in [-0.2, 0) is 4.79 Å². The lowest BCUT2D eigenvalue weighted by molar-refractivity contribution is -0.107. The smallest absolute Gasteiger partial charge is 0.215 e. The molecule has 0 bridgehead atoms. The number of benzene rings is 1. The fourth-order valence-corrected chi connectivity index (χ4v) is 3.54. The van der Waals surface area contributed by atoms with Gasteiger partial charge in [0.05, 0.1) is 0 Å². The molecular weight excluding hydrogens is 304 g/mol. The highest BCUT2D eigenvalue weighted by Crippen LogP contribution is 2.25. The largest absolute Gasteiger partial charge is 0.282 e. The average Bonchev–Trinajstić information content (AvgIpc) is 2.44. The van der Waals surface area contributed by atoms with Crippen molar-refractivity contribution >= 4 is 47.3 Å². The van der Waals surface area contributed by atoms with Crippen LogP contribution in [0.5, 0.6) is 0 Å². The van der Waals surface area contributed by atoms with Gasteiger partial charge in [0.25, 0.3) is 0 Å². The molecule has 0 heterocycles. The minimum Gasteiger partial charge on any atom is -0.282 e. The second-order valence-electron chi connectivity index (χ2n) is 4.97. The van der Waals surface area contributed by atoms with E-state index >= 15 is 0 Å². The topological polar surface area (TPSA) is 17.1 Å². The van der Waals surface area contributed by atoms with Crippen molar-refractivity contribution in [2.45, 2.75) is 30.9 Å². The van der Waals surface area contributed by atoms with E-state index in [4.69, 9.17) is 0 Å². The van der Waals surface area contributed by atoms with E-state index in [-0.39, 0.29) is 10.4 Å². The number of rotatable bonds is 6. The molecule has 0 amide bonds. The Morgan fingerprint density at radius 2 is 1.90 bits per heavy atom. The van der Waals surface area contributed by atoms with Crippen LogP contribution in [0, 0.1) is 5.92 Å². The van der Waals surface area contributed by atoms with Crippen LogP contribution in [0.1, 0.15) is 26.3 Å². The predicted octanol–water partition coefficient (Wildman–Crippen LogP) is 5.03. The molecule has 1 unspecified atom stereocenters. The first-order valence-electron chi connectivity index (χ1n) is 6.62. The van der Waals surface area contributed by atoms with Gasteiger partial charge in [-0.15, -0.1) is 11.8 Å². The Bertz CT molecular complexity index is 463. The Hall–Kier alpha value is -0.320. The zero-order chi connectivity index (χ0) is 15.1. The molecule has 1 nitrogen and oxygen atoms in total. The molecule has 0 fully saturated rings. The van der Waals surface area contributed by atoms with Crippen LogP contribution in [0.3, 0.4) is 0 Å². The number of hydrogen-bond donors (Lipinski definition) is 1. The van der Waals surface area contributed by atoms with Crippen molar-refractivity contribution in [1.29, 1.82) is 0 Å². The lowest BCUT2D eigenvalue weighted by Crippen LogP contribution is -2.16. The number of carbonyl (C=O) groups excluding carboxylic acids is 1. The molecule has 1 aromatic carbocycles. The van der Waals surface area contributed by atoms with E-state index in [9.17, 15) is 4.79 Å². The van der Waals surface area contributed by atoms with Crippen LogP contribution < -0.4 is 0 Å². The van der Waals surface area contributed by atoms with Crippen molar-refractivity contribution in [1.82, 2.24) is 0 Å². The van der Waals surface area contributed by atoms with Gasteiger partial charge in [-0.3, -0.25) is 4.79 Å². The van der Waals surface area contributed by atoms with Gasteiger partial charge in [0.15, 0.2) is 0 Å². The van der Waals surface area contributed by atoms with Gasteiger partial charge >= 0.3 is 0 Å². The third-order valence-corrected chi connectivity index (χ3v) is 5.94. The molecule has 0 aromatic heterocycles. The number of carbonyl (C=O) groups is 1. The van der Waals surface area contributed by atoms with E-state index in [0.29, 0.717) is 5.92 Å². The molecule has 0 spiro atoms. The maximum absolute atomic E-state index is 12.2. The van der Waals surface area contributed by atoms with Crippen molar-refractivity contribution in [3.63, 3.8) is 0 Å². The van der Waals surface area contributed by atoms with Crippen LogP contribution in [0.4, 0.5) is 0 Å². The second kappa shape index (κ2) is 8.85. The minimum atomic E-state index is 0.145. The van der Waals surface area contributed by atoms with Gasteiger partial charge in [-0.05, 0) is 42.9 Å². The second-order valence-corrected chi connectivity index (χ2v) is 7.43. The molecule has 0 aliphatic carbocycles. The summed E-state index contributed by atoms with van der Waals surface area (Å²) >= 11 is 7.44. The summed E-state index contributed by atoms with van der Waals surface area (Å²) in [6.07, 6.45) is 4.01. The highest BCUT2D eigenvalue weighted by molar-refractivity contribution is 8.15. The first kappa shape index (κ1) is 17.7. The Morgan fingerprint density at radius 1 is 1.30 bits per heavy atom. The van der Waals surface area contributed by atoms with Crippen LogP contribution in [0.25, 0.3) is 6.08 Å². The van der Waals surface area contributed by atoms with Crippen LogP contribution in [0.2, 0.25) is 0 Å². The van der Waals surface area contributed by atoms with Crippen molar-refractivity contribution in [2.24, 2.45) is 5.92 Å². The van der Waals surface area contributed by atoms with Gasteiger partial charge in [-0.1, -0.05) is 37.7 Å². The summed E-state index contributed by atoms with van der Waals surface area (Å²) < 4.78 is 0. The highest BCUT2D eigenvalue weighted by atomic mass is 32.2. The monoisotopic (exact) mass is 326 g/mol. The normalized spacial score (nSPS) is 13.6. The van der Waals surface area contributed by atoms with Crippen LogP contribution in [-0.4, -0.2) is 22.4 Å². The Balaban J connectivity index is 2.74. The molecule has 0 aliphatic rings. The molecule has 0 saturated carbocycles. The summed E-state index contributed by atoms with van der Waals surface area (Å²) in [4.78, 5) is 13.4. The van der Waals surface area contributed by atoms with Gasteiger partial charge < -0.3 is 0 Å². The minimum absolute atomic E-state index is 0.145. The van der Waals surface area contributed by atoms with Crippen molar-refractivity contribution < 1.29 is 4.79 Å². The molecule has 20 heavy (non-hydrogen) atoms. The standard InChI is InChI=1S/C16H22OS3/c1-11(2)15(10-18)20-16(17)12(3)9-13-5-7-14(19-4)8-6-13/h5-9,11,15,18H,10H2,1-4H3/b12-9+. The van der Waals surface area contributed by atoms with Gasteiger partial charge in [-0.25, -0.2) is 0 Å². The third kappa shape index (κ3) is 5.58. The highest BCUT2D eigenvalue weighted by Gasteiger charge is 2.17. The molecule has 110 valence electrons. The average molecular weight is 327 g/mol. The van der Waals surface area contributed by atoms with Crippen LogP contribution >= 0.6 is 36.2 Å². The molecule has 0 N–H and O–H groups in total. The van der Waals surface area contributed by atoms with E-state index in [1.807, 2.05) is 25.1 Å². The van der Waals surface area contributed by atoms with Crippen molar-refractivity contribution in [2.75, 3.05) is 12.0 Å². The lowest BCUT2D eigenvalue weighted by atomic mass is 10.1. The summed E-state index contributed by atoms with van der Waals surface area (Å²) in [7, 11) is 0. The molecular formula is C16H22OS3. The van der Waals surface area contributed by atoms with Gasteiger partial charge in [-0.2, -0.15) is 12.6 Å². The summed E-state index contributed by atoms with van der Waals surface area (Å²) in [5.41, 5.74) is 1.86. The SMILES string of the molecule is CSc1ccc(/C=C(\C)C(=O)SC(CS)C(C)C)cc1. The summed E-state index contributed by atoms with van der Waals surface area (Å²) in [5.74, 6) is 1.18. The van der Waals surface area contributed by atoms with E-state index in [2.05, 4.69) is 44.9 Å². The molecule has 4 heteroatoms. The maximum atomic E-state index is 12.2. The first-order chi connectivity index (χ1) is 9.47. The Labute approximate surface area is 136 Å². The van der Waals surface area contributed by atoms with E-state index in [1.165, 1.54) is 16.7 Å². The number of hydrogen-bond acceptors (Lipinski definition) is 4. The van der Waals surface area contributed by atoms with Crippen LogP contribution in [0.15, 0.2) is 34.7 Å². The molecule has 0 aliphatic heterocycles. The van der Waals surface area contributed by atoms with E-state index < -0.39 is 0 Å². The van der Waals surface area contributed by atoms with E-state index in [1.54, 1.807) is 11.8 Å². The summed E-state index contributed by atoms with van der Waals surface area (Å²) in [6.45, 7) is 6.14. The van der Waals surface area contributed by atoms with Gasteiger partial charge in [0, 0.05) is 21.5 Å². The Kier molecular flexibility index (Phi) is 7.85. The first-order valence-corrected chi connectivity index (χ1v) is 9.35. The van der Waals surface area contributed by atoms with Crippen molar-refractivity contribution in [3.8, 4) is 0 Å². The fraction of sp³-hybridized carbons (Fsp3) is 0.438. The quantitative estimate of drug-likeness (QED) is 0.449. The lowest BCUT2D eigenvalue weighted by Gasteiger charge is -2.16. The molecule has 0 radical (unpaired) electrons. The molecule has 1 aromatic rings. The Morgan fingerprint density at radius 3 is 2.35 bits per heavy atom. The molecule has 1 rings (SSSR count). The third-order valence-electron chi connectivity index (χ3n) is 3.00. The summed E-state index contributed by atoms with van der Waals surface area (Å²) in [5, 5.41) is 0.416. The zero-order valence-corrected chi connectivity index (χ0v) is 14.9.